The lowest BCUT2D eigenvalue weighted by atomic mass is 9.89. The Kier molecular flexibility index (Phi) is 8.52. The Labute approximate surface area is 177 Å². The molecular weight excluding hydrogens is 350 g/mol. The number of aromatic nitrogens is 1. The van der Waals surface area contributed by atoms with Gasteiger partial charge in [0.2, 0.25) is 0 Å². The number of hydrogen-bond acceptors (Lipinski definition) is 1. The van der Waals surface area contributed by atoms with Crippen LogP contribution in [0.4, 0.5) is 0 Å². The number of rotatable bonds is 12. The highest BCUT2D eigenvalue weighted by molar-refractivity contribution is 6.06. The van der Waals surface area contributed by atoms with Gasteiger partial charge in [0, 0.05) is 16.5 Å². The molecule has 2 aromatic carbocycles. The lowest BCUT2D eigenvalue weighted by molar-refractivity contribution is 0.672. The van der Waals surface area contributed by atoms with Gasteiger partial charge in [0.15, 0.2) is 0 Å². The molecule has 0 spiro atoms. The van der Waals surface area contributed by atoms with Crippen molar-refractivity contribution in [3.63, 3.8) is 0 Å². The largest absolute Gasteiger partial charge is 0.252 e. The van der Waals surface area contributed by atoms with Gasteiger partial charge in [-0.2, -0.15) is 0 Å². The first kappa shape index (κ1) is 21.8. The van der Waals surface area contributed by atoms with Crippen LogP contribution in [-0.4, -0.2) is 4.98 Å². The maximum absolute atomic E-state index is 5.34. The van der Waals surface area contributed by atoms with E-state index >= 15 is 0 Å². The standard InChI is InChI=1S/C28H39N/c1-4-7-10-17-24-25(18-11-8-5-2)27(19-12-9-6-3)29-28-23-16-14-13-15-22(23)20-21-26(24)28/h13-16,20-21H,4-12,17-19H2,1-3H3. The number of pyridine rings is 1. The molecule has 0 saturated carbocycles. The first-order valence-corrected chi connectivity index (χ1v) is 12.1. The molecule has 0 aliphatic carbocycles. The van der Waals surface area contributed by atoms with Gasteiger partial charge >= 0.3 is 0 Å². The molecule has 0 bridgehead atoms. The third-order valence-corrected chi connectivity index (χ3v) is 6.26. The number of hydrogen-bond donors (Lipinski definition) is 0. The van der Waals surface area contributed by atoms with Crippen LogP contribution < -0.4 is 0 Å². The fourth-order valence-corrected chi connectivity index (χ4v) is 4.59. The molecule has 1 aromatic heterocycles. The van der Waals surface area contributed by atoms with Crippen LogP contribution in [0.2, 0.25) is 0 Å². The third kappa shape index (κ3) is 5.38. The van der Waals surface area contributed by atoms with Gasteiger partial charge in [-0.05, 0) is 55.0 Å². The molecule has 29 heavy (non-hydrogen) atoms. The van der Waals surface area contributed by atoms with Crippen molar-refractivity contribution in [1.29, 1.82) is 0 Å². The Morgan fingerprint density at radius 1 is 0.586 bits per heavy atom. The van der Waals surface area contributed by atoms with Gasteiger partial charge in [0.1, 0.15) is 0 Å². The van der Waals surface area contributed by atoms with Gasteiger partial charge < -0.3 is 0 Å². The van der Waals surface area contributed by atoms with Crippen LogP contribution >= 0.6 is 0 Å². The van der Waals surface area contributed by atoms with Crippen molar-refractivity contribution in [1.82, 2.24) is 4.98 Å². The van der Waals surface area contributed by atoms with E-state index in [0.717, 1.165) is 6.42 Å². The topological polar surface area (TPSA) is 12.9 Å². The van der Waals surface area contributed by atoms with E-state index in [-0.39, 0.29) is 0 Å². The molecule has 1 heteroatoms. The van der Waals surface area contributed by atoms with Crippen LogP contribution in [-0.2, 0) is 19.3 Å². The predicted molar refractivity (Wildman–Crippen MR) is 129 cm³/mol. The Bertz CT molecular complexity index is 909. The summed E-state index contributed by atoms with van der Waals surface area (Å²) in [6, 6.07) is 13.4. The van der Waals surface area contributed by atoms with Crippen LogP contribution in [0, 0.1) is 0 Å². The van der Waals surface area contributed by atoms with E-state index in [2.05, 4.69) is 57.2 Å². The van der Waals surface area contributed by atoms with Crippen LogP contribution in [0.3, 0.4) is 0 Å². The molecule has 0 aliphatic rings. The number of unbranched alkanes of at least 4 members (excludes halogenated alkanes) is 6. The number of fused-ring (bicyclic) bond motifs is 3. The van der Waals surface area contributed by atoms with Crippen molar-refractivity contribution in [3.05, 3.63) is 53.2 Å². The molecule has 0 fully saturated rings. The normalized spacial score (nSPS) is 11.6. The smallest absolute Gasteiger partial charge is 0.0786 e. The molecule has 0 amide bonds. The molecule has 156 valence electrons. The molecule has 0 saturated heterocycles. The second-order valence-electron chi connectivity index (χ2n) is 8.57. The first-order valence-electron chi connectivity index (χ1n) is 12.1. The van der Waals surface area contributed by atoms with Crippen LogP contribution in [0.1, 0.15) is 95.4 Å². The summed E-state index contributed by atoms with van der Waals surface area (Å²) in [7, 11) is 0. The minimum absolute atomic E-state index is 1.13. The average molecular weight is 390 g/mol. The van der Waals surface area contributed by atoms with E-state index in [1.54, 1.807) is 11.1 Å². The van der Waals surface area contributed by atoms with Crippen LogP contribution in [0.25, 0.3) is 21.7 Å². The summed E-state index contributed by atoms with van der Waals surface area (Å²) in [5.74, 6) is 0. The molecule has 0 atom stereocenters. The number of nitrogens with zero attached hydrogens (tertiary/aromatic N) is 1. The van der Waals surface area contributed by atoms with E-state index in [0.29, 0.717) is 0 Å². The van der Waals surface area contributed by atoms with Gasteiger partial charge in [0.05, 0.1) is 5.52 Å². The Hall–Kier alpha value is -1.89. The molecule has 0 radical (unpaired) electrons. The molecule has 3 aromatic rings. The zero-order chi connectivity index (χ0) is 20.5. The van der Waals surface area contributed by atoms with Crippen molar-refractivity contribution in [2.75, 3.05) is 0 Å². The third-order valence-electron chi connectivity index (χ3n) is 6.26. The zero-order valence-electron chi connectivity index (χ0n) is 18.9. The maximum atomic E-state index is 5.34. The van der Waals surface area contributed by atoms with Gasteiger partial charge in [-0.25, -0.2) is 0 Å². The van der Waals surface area contributed by atoms with E-state index in [1.807, 2.05) is 0 Å². The van der Waals surface area contributed by atoms with E-state index in [1.165, 1.54) is 98.0 Å². The lowest BCUT2D eigenvalue weighted by Crippen LogP contribution is -2.06. The Balaban J connectivity index is 2.15. The molecule has 1 nitrogen and oxygen atoms in total. The van der Waals surface area contributed by atoms with Crippen molar-refractivity contribution in [2.45, 2.75) is 97.8 Å². The summed E-state index contributed by atoms with van der Waals surface area (Å²) >= 11 is 0. The molecule has 3 rings (SSSR count). The maximum Gasteiger partial charge on any atom is 0.0786 e. The fourth-order valence-electron chi connectivity index (χ4n) is 4.59. The monoisotopic (exact) mass is 389 g/mol. The van der Waals surface area contributed by atoms with Crippen molar-refractivity contribution < 1.29 is 0 Å². The number of benzene rings is 2. The molecule has 0 N–H and O–H groups in total. The molecule has 1 heterocycles. The molecular formula is C28H39N. The summed E-state index contributed by atoms with van der Waals surface area (Å²) in [6.45, 7) is 6.89. The van der Waals surface area contributed by atoms with Gasteiger partial charge in [-0.1, -0.05) is 95.7 Å². The van der Waals surface area contributed by atoms with Gasteiger partial charge in [0.25, 0.3) is 0 Å². The Morgan fingerprint density at radius 3 is 1.90 bits per heavy atom. The lowest BCUT2D eigenvalue weighted by Gasteiger charge is -2.19. The van der Waals surface area contributed by atoms with E-state index < -0.39 is 0 Å². The summed E-state index contributed by atoms with van der Waals surface area (Å²) in [4.78, 5) is 5.34. The first-order chi connectivity index (χ1) is 14.3. The van der Waals surface area contributed by atoms with Crippen LogP contribution in [0.5, 0.6) is 0 Å². The molecule has 0 unspecified atom stereocenters. The predicted octanol–water partition coefficient (Wildman–Crippen LogP) is 8.59. The highest BCUT2D eigenvalue weighted by Crippen LogP contribution is 2.32. The summed E-state index contributed by atoms with van der Waals surface area (Å²) in [5.41, 5.74) is 5.83. The van der Waals surface area contributed by atoms with E-state index in [9.17, 15) is 0 Å². The minimum atomic E-state index is 1.13. The molecule has 0 aliphatic heterocycles. The second kappa shape index (κ2) is 11.3. The Morgan fingerprint density at radius 2 is 1.21 bits per heavy atom. The summed E-state index contributed by atoms with van der Waals surface area (Å²) in [5, 5.41) is 4.04. The summed E-state index contributed by atoms with van der Waals surface area (Å²) in [6.07, 6.45) is 15.1. The van der Waals surface area contributed by atoms with Crippen molar-refractivity contribution in [3.8, 4) is 0 Å². The highest BCUT2D eigenvalue weighted by atomic mass is 14.7. The minimum Gasteiger partial charge on any atom is -0.252 e. The summed E-state index contributed by atoms with van der Waals surface area (Å²) < 4.78 is 0. The number of aryl methyl sites for hydroxylation is 2. The van der Waals surface area contributed by atoms with Crippen molar-refractivity contribution in [2.24, 2.45) is 0 Å². The van der Waals surface area contributed by atoms with Crippen molar-refractivity contribution >= 4 is 21.7 Å². The van der Waals surface area contributed by atoms with E-state index in [4.69, 9.17) is 4.98 Å². The van der Waals surface area contributed by atoms with Gasteiger partial charge in [-0.15, -0.1) is 0 Å². The van der Waals surface area contributed by atoms with Gasteiger partial charge in [-0.3, -0.25) is 4.98 Å². The SMILES string of the molecule is CCCCCc1nc2c(ccc3ccccc32)c(CCCCC)c1CCCCC. The average Bonchev–Trinajstić information content (AvgIpc) is 2.75. The fraction of sp³-hybridized carbons (Fsp3) is 0.536. The van der Waals surface area contributed by atoms with Crippen LogP contribution in [0.15, 0.2) is 36.4 Å². The highest BCUT2D eigenvalue weighted by Gasteiger charge is 2.16. The zero-order valence-corrected chi connectivity index (χ0v) is 18.9. The second-order valence-corrected chi connectivity index (χ2v) is 8.57. The quantitative estimate of drug-likeness (QED) is 0.223.